The molecular formula is C14H19ClN2. The molecule has 1 atom stereocenters. The number of benzene rings is 1. The van der Waals surface area contributed by atoms with Gasteiger partial charge >= 0.3 is 0 Å². The second kappa shape index (κ2) is 4.34. The second-order valence-corrected chi connectivity index (χ2v) is 6.20. The maximum Gasteiger partial charge on any atom is 0.107 e. The standard InChI is InChI=1S/C14H19ClN2/c1-9(14(2,3)4)8-12-16-11-7-5-6-10(15)13(11)17-12/h5-7,9H,8H2,1-4H3,(H,16,17). The number of aromatic nitrogens is 2. The van der Waals surface area contributed by atoms with Crippen LogP contribution in [0.5, 0.6) is 0 Å². The Bertz CT molecular complexity index is 522. The van der Waals surface area contributed by atoms with Gasteiger partial charge in [-0.25, -0.2) is 4.98 Å². The lowest BCUT2D eigenvalue weighted by Gasteiger charge is -2.26. The Morgan fingerprint density at radius 1 is 1.35 bits per heavy atom. The maximum absolute atomic E-state index is 6.11. The van der Waals surface area contributed by atoms with Crippen molar-refractivity contribution in [2.75, 3.05) is 0 Å². The van der Waals surface area contributed by atoms with Gasteiger partial charge in [0.15, 0.2) is 0 Å². The first-order valence-corrected chi connectivity index (χ1v) is 6.39. The smallest absolute Gasteiger partial charge is 0.107 e. The minimum absolute atomic E-state index is 0.294. The third-order valence-electron chi connectivity index (χ3n) is 3.49. The van der Waals surface area contributed by atoms with E-state index in [-0.39, 0.29) is 0 Å². The topological polar surface area (TPSA) is 28.7 Å². The molecule has 0 amide bonds. The molecule has 2 nitrogen and oxygen atoms in total. The molecule has 1 N–H and O–H groups in total. The van der Waals surface area contributed by atoms with Crippen LogP contribution in [-0.2, 0) is 6.42 Å². The van der Waals surface area contributed by atoms with Gasteiger partial charge < -0.3 is 4.98 Å². The van der Waals surface area contributed by atoms with Gasteiger partial charge in [-0.05, 0) is 23.5 Å². The predicted octanol–water partition coefficient (Wildman–Crippen LogP) is 4.44. The van der Waals surface area contributed by atoms with Crippen molar-refractivity contribution in [2.45, 2.75) is 34.1 Å². The van der Waals surface area contributed by atoms with Crippen molar-refractivity contribution in [1.82, 2.24) is 9.97 Å². The Kier molecular flexibility index (Phi) is 3.17. The van der Waals surface area contributed by atoms with Gasteiger partial charge in [-0.15, -0.1) is 0 Å². The molecule has 2 aromatic rings. The van der Waals surface area contributed by atoms with Crippen LogP contribution in [0.1, 0.15) is 33.5 Å². The molecule has 0 aliphatic rings. The Balaban J connectivity index is 2.29. The van der Waals surface area contributed by atoms with E-state index in [1.807, 2.05) is 18.2 Å². The van der Waals surface area contributed by atoms with Gasteiger partial charge in [0.2, 0.25) is 0 Å². The van der Waals surface area contributed by atoms with Gasteiger partial charge in [0.05, 0.1) is 10.5 Å². The van der Waals surface area contributed by atoms with Crippen molar-refractivity contribution in [3.63, 3.8) is 0 Å². The number of fused-ring (bicyclic) bond motifs is 1. The molecular weight excluding hydrogens is 232 g/mol. The summed E-state index contributed by atoms with van der Waals surface area (Å²) >= 11 is 6.11. The fourth-order valence-corrected chi connectivity index (χ4v) is 1.96. The van der Waals surface area contributed by atoms with Crippen molar-refractivity contribution in [3.8, 4) is 0 Å². The SMILES string of the molecule is CC(Cc1nc2c(Cl)cccc2[nH]1)C(C)(C)C. The number of rotatable bonds is 2. The Hall–Kier alpha value is -1.02. The zero-order valence-corrected chi connectivity index (χ0v) is 11.6. The number of nitrogens with one attached hydrogen (secondary N) is 1. The number of imidazole rings is 1. The third kappa shape index (κ3) is 2.63. The quantitative estimate of drug-likeness (QED) is 0.839. The van der Waals surface area contributed by atoms with Crippen molar-refractivity contribution in [1.29, 1.82) is 0 Å². The number of hydrogen-bond donors (Lipinski definition) is 1. The first-order chi connectivity index (χ1) is 7.88. The normalized spacial score (nSPS) is 14.2. The van der Waals surface area contributed by atoms with Gasteiger partial charge in [0.25, 0.3) is 0 Å². The summed E-state index contributed by atoms with van der Waals surface area (Å²) in [6.45, 7) is 9.03. The molecule has 0 aliphatic heterocycles. The van der Waals surface area contributed by atoms with Crippen LogP contribution in [0.3, 0.4) is 0 Å². The van der Waals surface area contributed by atoms with Crippen LogP contribution in [0.4, 0.5) is 0 Å². The summed E-state index contributed by atoms with van der Waals surface area (Å²) in [6, 6.07) is 5.83. The van der Waals surface area contributed by atoms with Crippen LogP contribution in [0.25, 0.3) is 11.0 Å². The number of hydrogen-bond acceptors (Lipinski definition) is 1. The highest BCUT2D eigenvalue weighted by molar-refractivity contribution is 6.34. The zero-order valence-electron chi connectivity index (χ0n) is 10.8. The molecule has 0 bridgehead atoms. The summed E-state index contributed by atoms with van der Waals surface area (Å²) in [7, 11) is 0. The number of H-pyrrole nitrogens is 1. The highest BCUT2D eigenvalue weighted by Crippen LogP contribution is 2.29. The van der Waals surface area contributed by atoms with Crippen molar-refractivity contribution in [2.24, 2.45) is 11.3 Å². The van der Waals surface area contributed by atoms with E-state index < -0.39 is 0 Å². The monoisotopic (exact) mass is 250 g/mol. The summed E-state index contributed by atoms with van der Waals surface area (Å²) in [4.78, 5) is 7.92. The van der Waals surface area contributed by atoms with E-state index in [0.29, 0.717) is 16.4 Å². The molecule has 0 radical (unpaired) electrons. The largest absolute Gasteiger partial charge is 0.342 e. The van der Waals surface area contributed by atoms with Crippen LogP contribution in [0.2, 0.25) is 5.02 Å². The molecule has 1 heterocycles. The zero-order chi connectivity index (χ0) is 12.6. The number of halogens is 1. The molecule has 0 spiro atoms. The predicted molar refractivity (Wildman–Crippen MR) is 73.4 cm³/mol. The summed E-state index contributed by atoms with van der Waals surface area (Å²) < 4.78 is 0. The Morgan fingerprint density at radius 3 is 2.65 bits per heavy atom. The van der Waals surface area contributed by atoms with Gasteiger partial charge in [-0.3, -0.25) is 0 Å². The fourth-order valence-electron chi connectivity index (χ4n) is 1.74. The number of aromatic amines is 1. The lowest BCUT2D eigenvalue weighted by Crippen LogP contribution is -2.19. The number of nitrogens with zero attached hydrogens (tertiary/aromatic N) is 1. The van der Waals surface area contributed by atoms with E-state index >= 15 is 0 Å². The van der Waals surface area contributed by atoms with E-state index in [4.69, 9.17) is 11.6 Å². The molecule has 1 unspecified atom stereocenters. The van der Waals surface area contributed by atoms with E-state index in [1.54, 1.807) is 0 Å². The molecule has 2 rings (SSSR count). The van der Waals surface area contributed by atoms with Crippen molar-refractivity contribution in [3.05, 3.63) is 29.0 Å². The average Bonchev–Trinajstić information content (AvgIpc) is 2.60. The van der Waals surface area contributed by atoms with Crippen LogP contribution in [0.15, 0.2) is 18.2 Å². The van der Waals surface area contributed by atoms with Crippen LogP contribution in [-0.4, -0.2) is 9.97 Å². The minimum Gasteiger partial charge on any atom is -0.342 e. The van der Waals surface area contributed by atoms with Crippen LogP contribution < -0.4 is 0 Å². The van der Waals surface area contributed by atoms with E-state index in [0.717, 1.165) is 23.3 Å². The molecule has 0 saturated heterocycles. The molecule has 17 heavy (non-hydrogen) atoms. The van der Waals surface area contributed by atoms with E-state index in [9.17, 15) is 0 Å². The van der Waals surface area contributed by atoms with Gasteiger partial charge in [-0.2, -0.15) is 0 Å². The van der Waals surface area contributed by atoms with E-state index in [2.05, 4.69) is 37.7 Å². The highest BCUT2D eigenvalue weighted by Gasteiger charge is 2.21. The van der Waals surface area contributed by atoms with Crippen molar-refractivity contribution < 1.29 is 0 Å². The fraction of sp³-hybridized carbons (Fsp3) is 0.500. The third-order valence-corrected chi connectivity index (χ3v) is 3.80. The molecule has 3 heteroatoms. The summed E-state index contributed by atoms with van der Waals surface area (Å²) in [6.07, 6.45) is 0.953. The summed E-state index contributed by atoms with van der Waals surface area (Å²) in [5.41, 5.74) is 2.20. The molecule has 92 valence electrons. The van der Waals surface area contributed by atoms with E-state index in [1.165, 1.54) is 0 Å². The van der Waals surface area contributed by atoms with Crippen molar-refractivity contribution >= 4 is 22.6 Å². The highest BCUT2D eigenvalue weighted by atomic mass is 35.5. The number of para-hydroxylation sites is 1. The van der Waals surface area contributed by atoms with Gasteiger partial charge in [0, 0.05) is 6.42 Å². The van der Waals surface area contributed by atoms with Crippen LogP contribution in [0, 0.1) is 11.3 Å². The first kappa shape index (κ1) is 12.4. The molecule has 0 saturated carbocycles. The minimum atomic E-state index is 0.294. The maximum atomic E-state index is 6.11. The summed E-state index contributed by atoms with van der Waals surface area (Å²) in [5, 5.41) is 0.716. The molecule has 1 aromatic carbocycles. The average molecular weight is 251 g/mol. The lowest BCUT2D eigenvalue weighted by atomic mass is 9.80. The first-order valence-electron chi connectivity index (χ1n) is 6.01. The Labute approximate surface area is 107 Å². The lowest BCUT2D eigenvalue weighted by molar-refractivity contribution is 0.257. The second-order valence-electron chi connectivity index (χ2n) is 5.79. The molecule has 0 aliphatic carbocycles. The van der Waals surface area contributed by atoms with Gasteiger partial charge in [-0.1, -0.05) is 45.4 Å². The van der Waals surface area contributed by atoms with Gasteiger partial charge in [0.1, 0.15) is 11.3 Å². The summed E-state index contributed by atoms with van der Waals surface area (Å²) in [5.74, 6) is 1.59. The van der Waals surface area contributed by atoms with Crippen LogP contribution >= 0.6 is 11.6 Å². The Morgan fingerprint density at radius 2 is 2.06 bits per heavy atom. The molecule has 0 fully saturated rings. The molecule has 1 aromatic heterocycles.